The molecule has 1 aromatic rings. The van der Waals surface area contributed by atoms with Gasteiger partial charge in [0.2, 0.25) is 0 Å². The lowest BCUT2D eigenvalue weighted by atomic mass is 9.92. The lowest BCUT2D eigenvalue weighted by molar-refractivity contribution is -0.384. The molecule has 0 heterocycles. The van der Waals surface area contributed by atoms with Crippen LogP contribution in [0, 0.1) is 10.1 Å². The molecule has 0 saturated heterocycles. The molecule has 0 aliphatic heterocycles. The normalized spacial score (nSPS) is 11.6. The van der Waals surface area contributed by atoms with Gasteiger partial charge in [0.25, 0.3) is 11.6 Å². The molecular formula is C18H27N3O5. The van der Waals surface area contributed by atoms with E-state index in [2.05, 4.69) is 10.6 Å². The molecule has 0 unspecified atom stereocenters. The monoisotopic (exact) mass is 365 g/mol. The minimum Gasteiger partial charge on any atom is -0.444 e. The number of nitrogens with zero attached hydrogens (tertiary/aromatic N) is 1. The zero-order chi connectivity index (χ0) is 20.0. The maximum atomic E-state index is 12.5. The van der Waals surface area contributed by atoms with Gasteiger partial charge in [0.05, 0.1) is 10.5 Å². The Morgan fingerprint density at radius 1 is 1.12 bits per heavy atom. The number of nitro groups is 1. The van der Waals surface area contributed by atoms with Crippen LogP contribution < -0.4 is 10.6 Å². The number of carbonyl (C=O) groups excluding carboxylic acids is 2. The summed E-state index contributed by atoms with van der Waals surface area (Å²) in [5.74, 6) is -0.352. The first kappa shape index (κ1) is 21.4. The number of non-ortho nitro benzene ring substituents is 1. The van der Waals surface area contributed by atoms with Crippen LogP contribution in [0.4, 0.5) is 10.5 Å². The van der Waals surface area contributed by atoms with Crippen molar-refractivity contribution in [3.8, 4) is 0 Å². The Bertz CT molecular complexity index is 646. The molecule has 2 N–H and O–H groups in total. The molecule has 2 amide bonds. The van der Waals surface area contributed by atoms with Gasteiger partial charge < -0.3 is 15.4 Å². The molecule has 8 heteroatoms. The van der Waals surface area contributed by atoms with E-state index in [9.17, 15) is 19.7 Å². The topological polar surface area (TPSA) is 111 Å². The van der Waals surface area contributed by atoms with E-state index < -0.39 is 22.2 Å². The predicted molar refractivity (Wildman–Crippen MR) is 98.1 cm³/mol. The molecule has 0 fully saturated rings. The van der Waals surface area contributed by atoms with Crippen molar-refractivity contribution in [2.45, 2.75) is 58.6 Å². The molecule has 0 atom stereocenters. The van der Waals surface area contributed by atoms with Gasteiger partial charge in [-0.05, 0) is 45.7 Å². The zero-order valence-corrected chi connectivity index (χ0v) is 15.9. The Morgan fingerprint density at radius 2 is 1.65 bits per heavy atom. The van der Waals surface area contributed by atoms with Gasteiger partial charge >= 0.3 is 6.09 Å². The highest BCUT2D eigenvalue weighted by atomic mass is 16.6. The van der Waals surface area contributed by atoms with Gasteiger partial charge in [-0.25, -0.2) is 4.79 Å². The first-order chi connectivity index (χ1) is 12.0. The Balaban J connectivity index is 2.80. The number of rotatable bonds is 7. The van der Waals surface area contributed by atoms with Crippen LogP contribution in [0.5, 0.6) is 0 Å². The van der Waals surface area contributed by atoms with Crippen molar-refractivity contribution >= 4 is 17.7 Å². The zero-order valence-electron chi connectivity index (χ0n) is 15.9. The van der Waals surface area contributed by atoms with Gasteiger partial charge in [-0.1, -0.05) is 13.8 Å². The number of alkyl carbamates (subject to hydrolysis) is 1. The average Bonchev–Trinajstić information content (AvgIpc) is 2.57. The maximum absolute atomic E-state index is 12.5. The smallest absolute Gasteiger partial charge is 0.407 e. The molecule has 144 valence electrons. The second kappa shape index (κ2) is 8.64. The van der Waals surface area contributed by atoms with E-state index >= 15 is 0 Å². The molecule has 0 bridgehead atoms. The molecular weight excluding hydrogens is 338 g/mol. The van der Waals surface area contributed by atoms with Crippen molar-refractivity contribution < 1.29 is 19.2 Å². The standard InChI is InChI=1S/C18H27N3O5/c1-6-18(7-2,12-19-16(23)26-17(3,4)5)20-15(22)13-8-10-14(11-9-13)21(24)25/h8-11H,6-7,12H2,1-5H3,(H,19,23)(H,20,22). The van der Waals surface area contributed by atoms with Gasteiger partial charge in [-0.3, -0.25) is 14.9 Å². The number of carbonyl (C=O) groups is 2. The summed E-state index contributed by atoms with van der Waals surface area (Å²) in [6.07, 6.45) is 0.643. The Morgan fingerprint density at radius 3 is 2.08 bits per heavy atom. The van der Waals surface area contributed by atoms with Crippen LogP contribution >= 0.6 is 0 Å². The van der Waals surface area contributed by atoms with Crippen LogP contribution in [-0.4, -0.2) is 34.6 Å². The van der Waals surface area contributed by atoms with Crippen LogP contribution in [0.2, 0.25) is 0 Å². The largest absolute Gasteiger partial charge is 0.444 e. The predicted octanol–water partition coefficient (Wildman–Crippen LogP) is 3.41. The molecule has 0 radical (unpaired) electrons. The third-order valence-corrected chi connectivity index (χ3v) is 4.04. The van der Waals surface area contributed by atoms with Gasteiger partial charge in [0.15, 0.2) is 0 Å². The first-order valence-corrected chi connectivity index (χ1v) is 8.56. The van der Waals surface area contributed by atoms with E-state index in [1.807, 2.05) is 13.8 Å². The van der Waals surface area contributed by atoms with Gasteiger partial charge in [0.1, 0.15) is 5.60 Å². The number of benzene rings is 1. The molecule has 1 aromatic carbocycles. The second-order valence-electron chi connectivity index (χ2n) is 7.10. The highest BCUT2D eigenvalue weighted by Crippen LogP contribution is 2.17. The van der Waals surface area contributed by atoms with Crippen molar-refractivity contribution in [3.05, 3.63) is 39.9 Å². The summed E-state index contributed by atoms with van der Waals surface area (Å²) in [5, 5.41) is 16.3. The number of hydrogen-bond donors (Lipinski definition) is 2. The molecule has 0 aromatic heterocycles. The summed E-state index contributed by atoms with van der Waals surface area (Å²) in [4.78, 5) is 34.6. The quantitative estimate of drug-likeness (QED) is 0.568. The molecule has 0 spiro atoms. The minimum atomic E-state index is -0.643. The highest BCUT2D eigenvalue weighted by Gasteiger charge is 2.30. The molecule has 0 saturated carbocycles. The number of amides is 2. The fraction of sp³-hybridized carbons (Fsp3) is 0.556. The van der Waals surface area contributed by atoms with Gasteiger partial charge in [-0.2, -0.15) is 0 Å². The highest BCUT2D eigenvalue weighted by molar-refractivity contribution is 5.95. The number of hydrogen-bond acceptors (Lipinski definition) is 5. The van der Waals surface area contributed by atoms with E-state index in [0.29, 0.717) is 18.4 Å². The van der Waals surface area contributed by atoms with Crippen LogP contribution in [0.3, 0.4) is 0 Å². The Labute approximate surface area is 153 Å². The van der Waals surface area contributed by atoms with Crippen molar-refractivity contribution in [3.63, 3.8) is 0 Å². The van der Waals surface area contributed by atoms with Crippen LogP contribution in [0.15, 0.2) is 24.3 Å². The van der Waals surface area contributed by atoms with Crippen molar-refractivity contribution in [2.24, 2.45) is 0 Å². The second-order valence-corrected chi connectivity index (χ2v) is 7.10. The molecule has 26 heavy (non-hydrogen) atoms. The van der Waals surface area contributed by atoms with Crippen LogP contribution in [-0.2, 0) is 4.74 Å². The number of nitro benzene ring substituents is 1. The number of nitrogens with one attached hydrogen (secondary N) is 2. The van der Waals surface area contributed by atoms with Crippen molar-refractivity contribution in [1.29, 1.82) is 0 Å². The van der Waals surface area contributed by atoms with E-state index in [1.165, 1.54) is 24.3 Å². The van der Waals surface area contributed by atoms with Crippen LogP contribution in [0.1, 0.15) is 57.8 Å². The summed E-state index contributed by atoms with van der Waals surface area (Å²) in [6.45, 7) is 9.36. The average molecular weight is 365 g/mol. The Hall–Kier alpha value is -2.64. The summed E-state index contributed by atoms with van der Waals surface area (Å²) in [7, 11) is 0. The van der Waals surface area contributed by atoms with Gasteiger partial charge in [0, 0.05) is 24.2 Å². The molecule has 0 aliphatic rings. The van der Waals surface area contributed by atoms with E-state index in [0.717, 1.165) is 0 Å². The minimum absolute atomic E-state index is 0.0783. The summed E-state index contributed by atoms with van der Waals surface area (Å²) in [6, 6.07) is 5.39. The lowest BCUT2D eigenvalue weighted by Gasteiger charge is -2.33. The summed E-state index contributed by atoms with van der Waals surface area (Å²) < 4.78 is 5.22. The van der Waals surface area contributed by atoms with E-state index in [4.69, 9.17) is 4.74 Å². The Kier molecular flexibility index (Phi) is 7.11. The lowest BCUT2D eigenvalue weighted by Crippen LogP contribution is -2.55. The third kappa shape index (κ3) is 6.34. The van der Waals surface area contributed by atoms with Crippen LogP contribution in [0.25, 0.3) is 0 Å². The first-order valence-electron chi connectivity index (χ1n) is 8.56. The maximum Gasteiger partial charge on any atom is 0.407 e. The van der Waals surface area contributed by atoms with E-state index in [-0.39, 0.29) is 18.1 Å². The number of ether oxygens (including phenoxy) is 1. The van der Waals surface area contributed by atoms with Crippen molar-refractivity contribution in [2.75, 3.05) is 6.54 Å². The molecule has 8 nitrogen and oxygen atoms in total. The molecule has 0 aliphatic carbocycles. The summed E-state index contributed by atoms with van der Waals surface area (Å²) >= 11 is 0. The van der Waals surface area contributed by atoms with Gasteiger partial charge in [-0.15, -0.1) is 0 Å². The van der Waals surface area contributed by atoms with Crippen molar-refractivity contribution in [1.82, 2.24) is 10.6 Å². The summed E-state index contributed by atoms with van der Waals surface area (Å²) in [5.41, 5.74) is -1.01. The fourth-order valence-electron chi connectivity index (χ4n) is 2.32. The fourth-order valence-corrected chi connectivity index (χ4v) is 2.32. The molecule has 1 rings (SSSR count). The SMILES string of the molecule is CCC(CC)(CNC(=O)OC(C)(C)C)NC(=O)c1ccc([N+](=O)[O-])cc1. The third-order valence-electron chi connectivity index (χ3n) is 4.04. The van der Waals surface area contributed by atoms with E-state index in [1.54, 1.807) is 20.8 Å².